The molecule has 14 rings (SSSR count). The van der Waals surface area contributed by atoms with Gasteiger partial charge in [-0.1, -0.05) is 176 Å². The van der Waals surface area contributed by atoms with Crippen LogP contribution in [0.5, 0.6) is 0 Å². The van der Waals surface area contributed by atoms with Gasteiger partial charge in [0.1, 0.15) is 22.3 Å². The van der Waals surface area contributed by atoms with Crippen LogP contribution in [0, 0.1) is 0 Å². The predicted molar refractivity (Wildman–Crippen MR) is 260 cm³/mol. The third kappa shape index (κ3) is 4.64. The second-order valence-electron chi connectivity index (χ2n) is 16.6. The largest absolute Gasteiger partial charge is 0.455 e. The van der Waals surface area contributed by atoms with E-state index in [2.05, 4.69) is 194 Å². The molecule has 62 heavy (non-hydrogen) atoms. The molecule has 0 atom stereocenters. The van der Waals surface area contributed by atoms with Crippen LogP contribution in [0.3, 0.4) is 0 Å². The predicted octanol–water partition coefficient (Wildman–Crippen LogP) is 17.3. The van der Waals surface area contributed by atoms with Crippen molar-refractivity contribution in [1.82, 2.24) is 0 Å². The van der Waals surface area contributed by atoms with E-state index >= 15 is 0 Å². The summed E-state index contributed by atoms with van der Waals surface area (Å²) in [5, 5.41) is 12.0. The first-order chi connectivity index (χ1) is 30.8. The number of hydrogen-bond donors (Lipinski definition) is 0. The van der Waals surface area contributed by atoms with Gasteiger partial charge in [0.25, 0.3) is 0 Å². The van der Waals surface area contributed by atoms with Crippen molar-refractivity contribution >= 4 is 76.2 Å². The van der Waals surface area contributed by atoms with Crippen molar-refractivity contribution in [2.75, 3.05) is 0 Å². The van der Waals surface area contributed by atoms with Crippen molar-refractivity contribution in [2.24, 2.45) is 0 Å². The topological polar surface area (TPSA) is 26.3 Å². The Balaban J connectivity index is 1.13. The van der Waals surface area contributed by atoms with Gasteiger partial charge in [0, 0.05) is 32.7 Å². The minimum Gasteiger partial charge on any atom is -0.455 e. The highest BCUT2D eigenvalue weighted by Crippen LogP contribution is 2.54. The molecular formula is C60H34O2. The lowest BCUT2D eigenvalue weighted by Crippen LogP contribution is -2.00. The lowest BCUT2D eigenvalue weighted by Gasteiger charge is -2.26. The highest BCUT2D eigenvalue weighted by Gasteiger charge is 2.27. The van der Waals surface area contributed by atoms with E-state index < -0.39 is 0 Å². The molecule has 2 heterocycles. The first-order valence-corrected chi connectivity index (χ1v) is 21.3. The first kappa shape index (κ1) is 33.6. The number of furan rings is 2. The van der Waals surface area contributed by atoms with Crippen LogP contribution >= 0.6 is 0 Å². The van der Waals surface area contributed by atoms with E-state index in [1.165, 1.54) is 76.8 Å². The molecule has 0 radical (unpaired) electrons. The minimum atomic E-state index is 0.894. The number of fused-ring (bicyclic) bond motifs is 20. The summed E-state index contributed by atoms with van der Waals surface area (Å²) in [5.74, 6) is 0. The van der Waals surface area contributed by atoms with Crippen molar-refractivity contribution < 1.29 is 8.83 Å². The summed E-state index contributed by atoms with van der Waals surface area (Å²) in [6, 6.07) is 75.4. The van der Waals surface area contributed by atoms with Crippen LogP contribution in [-0.2, 0) is 0 Å². The number of benzene rings is 11. The fraction of sp³-hybridized carbons (Fsp3) is 0. The number of para-hydroxylation sites is 4. The van der Waals surface area contributed by atoms with Crippen molar-refractivity contribution in [3.05, 3.63) is 206 Å². The summed E-state index contributed by atoms with van der Waals surface area (Å²) in [4.78, 5) is 0. The molecule has 1 aliphatic carbocycles. The van der Waals surface area contributed by atoms with Gasteiger partial charge in [-0.05, 0) is 118 Å². The van der Waals surface area contributed by atoms with Gasteiger partial charge < -0.3 is 8.83 Å². The molecule has 286 valence electrons. The van der Waals surface area contributed by atoms with E-state index in [-0.39, 0.29) is 0 Å². The number of hydrogen-bond acceptors (Lipinski definition) is 2. The summed E-state index contributed by atoms with van der Waals surface area (Å²) in [6.07, 6.45) is 0. The Bertz CT molecular complexity index is 4050. The molecule has 13 aromatic rings. The standard InChI is InChI=1S/C60H34O2/c1-3-16-39-37(14-1)38-15-2-4-17-40(38)53-34-55-47-24-12-23-46(50-27-13-26-49-44-20-8-10-29-57(44)62-60(49)50)58(47)45-21-6-5-18-41(45)51-32-35(30-31-42(51)54(55)33-52(39)53)36-22-11-25-48-43-19-7-9-28-56(43)61-59(36)48/h1-34H. The maximum absolute atomic E-state index is 6.76. The third-order valence-electron chi connectivity index (χ3n) is 13.4. The molecule has 0 N–H and O–H groups in total. The second-order valence-corrected chi connectivity index (χ2v) is 16.6. The molecule has 2 aromatic heterocycles. The summed E-state index contributed by atoms with van der Waals surface area (Å²) in [6.45, 7) is 0. The van der Waals surface area contributed by atoms with E-state index in [0.717, 1.165) is 66.1 Å². The van der Waals surface area contributed by atoms with E-state index in [1.807, 2.05) is 12.1 Å². The van der Waals surface area contributed by atoms with Crippen molar-refractivity contribution in [3.8, 4) is 66.8 Å². The summed E-state index contributed by atoms with van der Waals surface area (Å²) in [7, 11) is 0. The maximum atomic E-state index is 6.76. The van der Waals surface area contributed by atoms with Gasteiger partial charge in [-0.3, -0.25) is 0 Å². The lowest BCUT2D eigenvalue weighted by atomic mass is 9.76. The molecular weight excluding hydrogens is 753 g/mol. The Hall–Kier alpha value is -8.20. The Kier molecular flexibility index (Phi) is 6.86. The van der Waals surface area contributed by atoms with Gasteiger partial charge in [0.2, 0.25) is 0 Å². The maximum Gasteiger partial charge on any atom is 0.143 e. The molecule has 0 amide bonds. The van der Waals surface area contributed by atoms with Crippen LogP contribution < -0.4 is 0 Å². The van der Waals surface area contributed by atoms with Gasteiger partial charge in [-0.2, -0.15) is 0 Å². The zero-order valence-electron chi connectivity index (χ0n) is 33.4. The SMILES string of the molecule is c1ccc2c(c1)-c1cc(-c3cccc4c3oc3ccccc34)ccc1-c1cc3c4ccccc4c4ccccc4c3cc1-c1cccc(-c3cccc4c3oc3ccccc34)c1-2. The normalized spacial score (nSPS) is 12.2. The average molecular weight is 787 g/mol. The zero-order valence-corrected chi connectivity index (χ0v) is 33.4. The summed E-state index contributed by atoms with van der Waals surface area (Å²) in [5.41, 5.74) is 17.5. The van der Waals surface area contributed by atoms with E-state index in [0.29, 0.717) is 0 Å². The van der Waals surface area contributed by atoms with Crippen LogP contribution in [-0.4, -0.2) is 0 Å². The molecule has 0 bridgehead atoms. The van der Waals surface area contributed by atoms with Crippen molar-refractivity contribution in [2.45, 2.75) is 0 Å². The molecule has 0 saturated carbocycles. The Morgan fingerprint density at radius 3 is 1.23 bits per heavy atom. The highest BCUT2D eigenvalue weighted by atomic mass is 16.3. The molecule has 2 heteroatoms. The molecule has 0 unspecified atom stereocenters. The van der Waals surface area contributed by atoms with Crippen molar-refractivity contribution in [3.63, 3.8) is 0 Å². The van der Waals surface area contributed by atoms with Gasteiger partial charge in [0.15, 0.2) is 0 Å². The smallest absolute Gasteiger partial charge is 0.143 e. The average Bonchev–Trinajstić information content (AvgIpc) is 3.92. The van der Waals surface area contributed by atoms with Crippen LogP contribution in [0.2, 0.25) is 0 Å². The molecule has 0 fully saturated rings. The van der Waals surface area contributed by atoms with Crippen molar-refractivity contribution in [1.29, 1.82) is 0 Å². The molecule has 11 aromatic carbocycles. The van der Waals surface area contributed by atoms with Crippen LogP contribution in [0.25, 0.3) is 143 Å². The van der Waals surface area contributed by atoms with Gasteiger partial charge >= 0.3 is 0 Å². The minimum absolute atomic E-state index is 0.894. The molecule has 0 spiro atoms. The van der Waals surface area contributed by atoms with Crippen LogP contribution in [0.1, 0.15) is 0 Å². The molecule has 0 aliphatic heterocycles. The Morgan fingerprint density at radius 2 is 0.597 bits per heavy atom. The zero-order chi connectivity index (χ0) is 40.5. The summed E-state index contributed by atoms with van der Waals surface area (Å²) < 4.78 is 13.4. The molecule has 0 saturated heterocycles. The molecule has 2 nitrogen and oxygen atoms in total. The Morgan fingerprint density at radius 1 is 0.210 bits per heavy atom. The third-order valence-corrected chi connectivity index (χ3v) is 13.4. The van der Waals surface area contributed by atoms with E-state index in [4.69, 9.17) is 8.83 Å². The fourth-order valence-electron chi connectivity index (χ4n) is 10.7. The van der Waals surface area contributed by atoms with Crippen LogP contribution in [0.15, 0.2) is 215 Å². The monoisotopic (exact) mass is 786 g/mol. The van der Waals surface area contributed by atoms with Gasteiger partial charge in [0.05, 0.1) is 0 Å². The second kappa shape index (κ2) is 12.7. The van der Waals surface area contributed by atoms with Gasteiger partial charge in [-0.15, -0.1) is 0 Å². The first-order valence-electron chi connectivity index (χ1n) is 21.3. The van der Waals surface area contributed by atoms with Gasteiger partial charge in [-0.25, -0.2) is 0 Å². The molecule has 1 aliphatic rings. The lowest BCUT2D eigenvalue weighted by molar-refractivity contribution is 0.669. The van der Waals surface area contributed by atoms with E-state index in [9.17, 15) is 0 Å². The fourth-order valence-corrected chi connectivity index (χ4v) is 10.7. The van der Waals surface area contributed by atoms with Crippen LogP contribution in [0.4, 0.5) is 0 Å². The quantitative estimate of drug-likeness (QED) is 0.163. The highest BCUT2D eigenvalue weighted by molar-refractivity contribution is 6.27. The summed E-state index contributed by atoms with van der Waals surface area (Å²) >= 11 is 0. The van der Waals surface area contributed by atoms with E-state index in [1.54, 1.807) is 0 Å². The Labute approximate surface area is 356 Å². The number of rotatable bonds is 2.